The number of nitrogens with zero attached hydrogens (tertiary/aromatic N) is 2. The summed E-state index contributed by atoms with van der Waals surface area (Å²) < 4.78 is 0. The molecular weight excluding hydrogens is 178 g/mol. The van der Waals surface area contributed by atoms with Crippen molar-refractivity contribution in [2.45, 2.75) is 32.4 Å². The van der Waals surface area contributed by atoms with Crippen molar-refractivity contribution in [3.63, 3.8) is 0 Å². The van der Waals surface area contributed by atoms with Crippen LogP contribution in [-0.4, -0.2) is 54.5 Å². The molecule has 1 fully saturated rings. The van der Waals surface area contributed by atoms with Gasteiger partial charge in [-0.1, -0.05) is 6.92 Å². The quantitative estimate of drug-likeness (QED) is 0.675. The van der Waals surface area contributed by atoms with Crippen molar-refractivity contribution in [1.82, 2.24) is 9.80 Å². The van der Waals surface area contributed by atoms with Crippen LogP contribution in [0.25, 0.3) is 0 Å². The molecule has 0 saturated carbocycles. The summed E-state index contributed by atoms with van der Waals surface area (Å²) in [7, 11) is 2.09. The van der Waals surface area contributed by atoms with Gasteiger partial charge in [0.05, 0.1) is 6.04 Å². The van der Waals surface area contributed by atoms with E-state index >= 15 is 0 Å². The first-order valence-corrected chi connectivity index (χ1v) is 5.30. The lowest BCUT2D eigenvalue weighted by atomic mass is 10.1. The fraction of sp³-hybridized carbons (Fsp3) is 0.900. The molecule has 1 aliphatic heterocycles. The molecule has 82 valence electrons. The molecule has 2 N–H and O–H groups in total. The van der Waals surface area contributed by atoms with Gasteiger partial charge in [-0.15, -0.1) is 0 Å². The highest BCUT2D eigenvalue weighted by Gasteiger charge is 2.26. The van der Waals surface area contributed by atoms with Crippen LogP contribution in [0.5, 0.6) is 0 Å². The van der Waals surface area contributed by atoms with Crippen LogP contribution in [0.1, 0.15) is 20.3 Å². The maximum absolute atomic E-state index is 11.8. The van der Waals surface area contributed by atoms with Crippen LogP contribution >= 0.6 is 0 Å². The first kappa shape index (κ1) is 11.5. The van der Waals surface area contributed by atoms with Crippen LogP contribution in [0.3, 0.4) is 0 Å². The minimum atomic E-state index is -0.314. The van der Waals surface area contributed by atoms with E-state index in [9.17, 15) is 4.79 Å². The molecule has 0 aromatic carbocycles. The van der Waals surface area contributed by atoms with E-state index in [1.54, 1.807) is 0 Å². The van der Waals surface area contributed by atoms with Crippen molar-refractivity contribution in [1.29, 1.82) is 0 Å². The van der Waals surface area contributed by atoms with E-state index < -0.39 is 0 Å². The predicted molar refractivity (Wildman–Crippen MR) is 56.9 cm³/mol. The molecule has 0 bridgehead atoms. The van der Waals surface area contributed by atoms with E-state index in [0.29, 0.717) is 6.04 Å². The molecule has 1 rings (SSSR count). The minimum absolute atomic E-state index is 0.104. The Hall–Kier alpha value is -0.610. The molecule has 0 aliphatic carbocycles. The highest BCUT2D eigenvalue weighted by Crippen LogP contribution is 2.08. The number of hydrogen-bond acceptors (Lipinski definition) is 3. The zero-order valence-corrected chi connectivity index (χ0v) is 9.36. The van der Waals surface area contributed by atoms with Crippen molar-refractivity contribution in [3.05, 3.63) is 0 Å². The van der Waals surface area contributed by atoms with Crippen molar-refractivity contribution < 1.29 is 4.79 Å². The predicted octanol–water partition coefficient (Wildman–Crippen LogP) is -0.114. The Morgan fingerprint density at radius 3 is 2.71 bits per heavy atom. The molecule has 4 heteroatoms. The number of carbonyl (C=O) groups excluding carboxylic acids is 1. The summed E-state index contributed by atoms with van der Waals surface area (Å²) in [6, 6.07) is 0.127. The Bertz CT molecular complexity index is 208. The van der Waals surface area contributed by atoms with E-state index in [1.807, 2.05) is 11.8 Å². The van der Waals surface area contributed by atoms with Gasteiger partial charge in [-0.3, -0.25) is 4.79 Å². The largest absolute Gasteiger partial charge is 0.339 e. The average molecular weight is 199 g/mol. The third-order valence-electron chi connectivity index (χ3n) is 3.03. The smallest absolute Gasteiger partial charge is 0.239 e. The highest BCUT2D eigenvalue weighted by atomic mass is 16.2. The summed E-state index contributed by atoms with van der Waals surface area (Å²) in [5.41, 5.74) is 5.72. The van der Waals surface area contributed by atoms with Crippen molar-refractivity contribution in [2.75, 3.05) is 26.7 Å². The molecule has 0 radical (unpaired) electrons. The molecule has 1 saturated heterocycles. The molecule has 4 nitrogen and oxygen atoms in total. The van der Waals surface area contributed by atoms with Crippen molar-refractivity contribution in [3.8, 4) is 0 Å². The number of piperazine rings is 1. The monoisotopic (exact) mass is 199 g/mol. The topological polar surface area (TPSA) is 49.6 Å². The standard InChI is InChI=1S/C10H21N3O/c1-4-9(11)10(14)13-6-5-12(3)8(2)7-13/h8-9H,4-7,11H2,1-3H3/t8?,9-/m1/s1. The van der Waals surface area contributed by atoms with Crippen LogP contribution < -0.4 is 5.73 Å². The van der Waals surface area contributed by atoms with Gasteiger partial charge < -0.3 is 15.5 Å². The first-order chi connectivity index (χ1) is 6.56. The maximum atomic E-state index is 11.8. The molecule has 0 aromatic rings. The van der Waals surface area contributed by atoms with Crippen LogP contribution in [-0.2, 0) is 4.79 Å². The summed E-state index contributed by atoms with van der Waals surface area (Å²) in [6.45, 7) is 6.65. The minimum Gasteiger partial charge on any atom is -0.339 e. The summed E-state index contributed by atoms with van der Waals surface area (Å²) >= 11 is 0. The SMILES string of the molecule is CC[C@@H](N)C(=O)N1CCN(C)C(C)C1. The molecule has 1 aliphatic rings. The normalized spacial score (nSPS) is 26.3. The Labute approximate surface area is 86.0 Å². The first-order valence-electron chi connectivity index (χ1n) is 5.30. The van der Waals surface area contributed by atoms with E-state index in [4.69, 9.17) is 5.73 Å². The van der Waals surface area contributed by atoms with Gasteiger partial charge in [-0.05, 0) is 20.4 Å². The Morgan fingerprint density at radius 2 is 2.21 bits per heavy atom. The van der Waals surface area contributed by atoms with Crippen molar-refractivity contribution >= 4 is 5.91 Å². The van der Waals surface area contributed by atoms with Crippen LogP contribution in [0, 0.1) is 0 Å². The molecule has 0 aromatic heterocycles. The second-order valence-corrected chi connectivity index (χ2v) is 4.13. The highest BCUT2D eigenvalue weighted by molar-refractivity contribution is 5.81. The molecule has 14 heavy (non-hydrogen) atoms. The van der Waals surface area contributed by atoms with Gasteiger partial charge >= 0.3 is 0 Å². The number of likely N-dealkylation sites (N-methyl/N-ethyl adjacent to an activating group) is 1. The number of carbonyl (C=O) groups is 1. The summed E-state index contributed by atoms with van der Waals surface area (Å²) in [5.74, 6) is 0.104. The van der Waals surface area contributed by atoms with E-state index in [0.717, 1.165) is 26.1 Å². The van der Waals surface area contributed by atoms with Gasteiger partial charge in [0.1, 0.15) is 0 Å². The lowest BCUT2D eigenvalue weighted by Crippen LogP contribution is -2.55. The molecular formula is C10H21N3O. The molecule has 0 spiro atoms. The van der Waals surface area contributed by atoms with Gasteiger partial charge in [-0.25, -0.2) is 0 Å². The zero-order valence-electron chi connectivity index (χ0n) is 9.36. The van der Waals surface area contributed by atoms with Gasteiger partial charge in [0.25, 0.3) is 0 Å². The summed E-state index contributed by atoms with van der Waals surface area (Å²) in [6.07, 6.45) is 0.722. The fourth-order valence-electron chi connectivity index (χ4n) is 1.66. The average Bonchev–Trinajstić information content (AvgIpc) is 2.20. The van der Waals surface area contributed by atoms with Gasteiger partial charge in [-0.2, -0.15) is 0 Å². The molecule has 1 heterocycles. The lowest BCUT2D eigenvalue weighted by Gasteiger charge is -2.38. The Kier molecular flexibility index (Phi) is 3.89. The van der Waals surface area contributed by atoms with E-state index in [2.05, 4.69) is 18.9 Å². The van der Waals surface area contributed by atoms with Gasteiger partial charge in [0.15, 0.2) is 0 Å². The fourth-order valence-corrected chi connectivity index (χ4v) is 1.66. The molecule has 1 unspecified atom stereocenters. The maximum Gasteiger partial charge on any atom is 0.239 e. The second kappa shape index (κ2) is 4.75. The van der Waals surface area contributed by atoms with Crippen LogP contribution in [0.15, 0.2) is 0 Å². The third-order valence-corrected chi connectivity index (χ3v) is 3.03. The zero-order chi connectivity index (χ0) is 10.7. The Balaban J connectivity index is 2.50. The summed E-state index contributed by atoms with van der Waals surface area (Å²) in [4.78, 5) is 15.9. The number of nitrogens with two attached hydrogens (primary N) is 1. The second-order valence-electron chi connectivity index (χ2n) is 4.13. The van der Waals surface area contributed by atoms with Gasteiger partial charge in [0.2, 0.25) is 5.91 Å². The summed E-state index contributed by atoms with van der Waals surface area (Å²) in [5, 5.41) is 0. The lowest BCUT2D eigenvalue weighted by molar-refractivity contribution is -0.135. The number of hydrogen-bond donors (Lipinski definition) is 1. The van der Waals surface area contributed by atoms with E-state index in [-0.39, 0.29) is 11.9 Å². The third kappa shape index (κ3) is 2.45. The van der Waals surface area contributed by atoms with Crippen LogP contribution in [0.2, 0.25) is 0 Å². The number of amides is 1. The number of rotatable bonds is 2. The van der Waals surface area contributed by atoms with Gasteiger partial charge in [0, 0.05) is 25.7 Å². The van der Waals surface area contributed by atoms with E-state index in [1.165, 1.54) is 0 Å². The molecule has 2 atom stereocenters. The van der Waals surface area contributed by atoms with Crippen molar-refractivity contribution in [2.24, 2.45) is 5.73 Å². The molecule has 1 amide bonds. The van der Waals surface area contributed by atoms with Crippen LogP contribution in [0.4, 0.5) is 0 Å². The Morgan fingerprint density at radius 1 is 1.57 bits per heavy atom.